The summed E-state index contributed by atoms with van der Waals surface area (Å²) in [5.74, 6) is 0.0623. The maximum Gasteiger partial charge on any atom is 0.226 e. The van der Waals surface area contributed by atoms with Gasteiger partial charge in [0.05, 0.1) is 12.1 Å². The Morgan fingerprint density at radius 2 is 1.96 bits per heavy atom. The summed E-state index contributed by atoms with van der Waals surface area (Å²) in [5.41, 5.74) is 4.50. The third-order valence-corrected chi connectivity index (χ3v) is 6.02. The van der Waals surface area contributed by atoms with Crippen molar-refractivity contribution in [3.63, 3.8) is 0 Å². The van der Waals surface area contributed by atoms with Gasteiger partial charge >= 0.3 is 0 Å². The summed E-state index contributed by atoms with van der Waals surface area (Å²) in [4.78, 5) is 19.5. The van der Waals surface area contributed by atoms with Crippen LogP contribution in [0.25, 0.3) is 10.6 Å². The van der Waals surface area contributed by atoms with Crippen LogP contribution in [0.15, 0.2) is 60.0 Å². The van der Waals surface area contributed by atoms with Gasteiger partial charge < -0.3 is 5.32 Å². The first-order valence-corrected chi connectivity index (χ1v) is 10.6. The van der Waals surface area contributed by atoms with E-state index in [9.17, 15) is 4.79 Å². The summed E-state index contributed by atoms with van der Waals surface area (Å²) in [7, 11) is 0. The largest absolute Gasteiger partial charge is 0.352 e. The number of carbonyl (C=O) groups is 1. The van der Waals surface area contributed by atoms with Crippen LogP contribution in [-0.2, 0) is 17.8 Å². The molecule has 1 unspecified atom stereocenters. The van der Waals surface area contributed by atoms with E-state index >= 15 is 0 Å². The zero-order valence-corrected chi connectivity index (χ0v) is 16.9. The lowest BCUT2D eigenvalue weighted by atomic mass is 10.2. The Hall–Kier alpha value is -2.50. The van der Waals surface area contributed by atoms with Crippen molar-refractivity contribution in [2.75, 3.05) is 13.1 Å². The van der Waals surface area contributed by atoms with E-state index in [0.29, 0.717) is 6.42 Å². The van der Waals surface area contributed by atoms with Gasteiger partial charge in [0.25, 0.3) is 0 Å². The molecule has 0 saturated carbocycles. The van der Waals surface area contributed by atoms with Crippen LogP contribution >= 0.6 is 11.3 Å². The number of aromatic nitrogens is 1. The molecule has 0 radical (unpaired) electrons. The lowest BCUT2D eigenvalue weighted by molar-refractivity contribution is -0.121. The zero-order valence-electron chi connectivity index (χ0n) is 16.1. The summed E-state index contributed by atoms with van der Waals surface area (Å²) in [6.45, 7) is 4.95. The van der Waals surface area contributed by atoms with Gasteiger partial charge in [-0.15, -0.1) is 11.3 Å². The smallest absolute Gasteiger partial charge is 0.226 e. The standard InChI is InChI=1S/C23H25N3OS/c1-17-7-9-19(10-8-17)23-25-21(16-28-23)13-22(27)24-20-11-12-26(15-20)14-18-5-3-2-4-6-18/h2-10,16,20H,11-15H2,1H3,(H,24,27). The second-order valence-electron chi connectivity index (χ2n) is 7.46. The highest BCUT2D eigenvalue weighted by Crippen LogP contribution is 2.24. The maximum atomic E-state index is 12.5. The quantitative estimate of drug-likeness (QED) is 0.689. The molecule has 1 amide bonds. The molecule has 2 heterocycles. The van der Waals surface area contributed by atoms with Gasteiger partial charge in [-0.25, -0.2) is 4.98 Å². The number of rotatable bonds is 6. The van der Waals surface area contributed by atoms with E-state index in [1.807, 2.05) is 11.4 Å². The van der Waals surface area contributed by atoms with Crippen molar-refractivity contribution < 1.29 is 4.79 Å². The minimum Gasteiger partial charge on any atom is -0.352 e. The molecule has 1 N–H and O–H groups in total. The van der Waals surface area contributed by atoms with Gasteiger partial charge in [-0.05, 0) is 18.9 Å². The van der Waals surface area contributed by atoms with Gasteiger partial charge in [0.15, 0.2) is 0 Å². The average molecular weight is 392 g/mol. The molecule has 1 aliphatic rings. The fourth-order valence-corrected chi connectivity index (χ4v) is 4.42. The van der Waals surface area contributed by atoms with Crippen LogP contribution in [0, 0.1) is 6.92 Å². The molecule has 1 aromatic heterocycles. The number of nitrogens with zero attached hydrogens (tertiary/aromatic N) is 2. The number of benzene rings is 2. The normalized spacial score (nSPS) is 17.0. The van der Waals surface area contributed by atoms with Gasteiger partial charge in [-0.3, -0.25) is 9.69 Å². The molecule has 2 aromatic carbocycles. The molecular weight excluding hydrogens is 366 g/mol. The molecule has 1 atom stereocenters. The number of nitrogens with one attached hydrogen (secondary N) is 1. The van der Waals surface area contributed by atoms with Crippen LogP contribution in [-0.4, -0.2) is 34.9 Å². The third-order valence-electron chi connectivity index (χ3n) is 5.08. The fourth-order valence-electron chi connectivity index (χ4n) is 3.60. The summed E-state index contributed by atoms with van der Waals surface area (Å²) >= 11 is 1.60. The first-order valence-electron chi connectivity index (χ1n) is 9.73. The molecule has 0 aliphatic carbocycles. The molecule has 0 bridgehead atoms. The molecule has 28 heavy (non-hydrogen) atoms. The lowest BCUT2D eigenvalue weighted by Gasteiger charge is -2.16. The summed E-state index contributed by atoms with van der Waals surface area (Å²) in [6, 6.07) is 19.1. The van der Waals surface area contributed by atoms with E-state index in [0.717, 1.165) is 42.3 Å². The summed E-state index contributed by atoms with van der Waals surface area (Å²) in [6.07, 6.45) is 1.35. The van der Waals surface area contributed by atoms with Crippen molar-refractivity contribution >= 4 is 17.2 Å². The second kappa shape index (κ2) is 8.67. The third kappa shape index (κ3) is 4.86. The Morgan fingerprint density at radius 3 is 2.75 bits per heavy atom. The van der Waals surface area contributed by atoms with Crippen LogP contribution in [0.2, 0.25) is 0 Å². The summed E-state index contributed by atoms with van der Waals surface area (Å²) in [5, 5.41) is 6.14. The van der Waals surface area contributed by atoms with Crippen molar-refractivity contribution in [2.24, 2.45) is 0 Å². The van der Waals surface area contributed by atoms with Crippen LogP contribution in [0.5, 0.6) is 0 Å². The Bertz CT molecular complexity index is 921. The van der Waals surface area contributed by atoms with Gasteiger partial charge in [-0.2, -0.15) is 0 Å². The SMILES string of the molecule is Cc1ccc(-c2nc(CC(=O)NC3CCN(Cc4ccccc4)C3)cs2)cc1. The second-order valence-corrected chi connectivity index (χ2v) is 8.32. The molecule has 4 nitrogen and oxygen atoms in total. The topological polar surface area (TPSA) is 45.2 Å². The van der Waals surface area contributed by atoms with E-state index in [1.165, 1.54) is 11.1 Å². The Kier molecular flexibility index (Phi) is 5.84. The van der Waals surface area contributed by atoms with Gasteiger partial charge in [0.2, 0.25) is 5.91 Å². The summed E-state index contributed by atoms with van der Waals surface area (Å²) < 4.78 is 0. The molecule has 1 aliphatic heterocycles. The Labute approximate surface area is 170 Å². The monoisotopic (exact) mass is 391 g/mol. The number of aryl methyl sites for hydroxylation is 1. The van der Waals surface area contributed by atoms with E-state index in [4.69, 9.17) is 0 Å². The molecular formula is C23H25N3OS. The minimum absolute atomic E-state index is 0.0623. The predicted molar refractivity (Wildman–Crippen MR) is 114 cm³/mol. The maximum absolute atomic E-state index is 12.5. The molecule has 5 heteroatoms. The minimum atomic E-state index is 0.0623. The van der Waals surface area contributed by atoms with Gasteiger partial charge in [-0.1, -0.05) is 60.2 Å². The van der Waals surface area contributed by atoms with Crippen LogP contribution in [0.3, 0.4) is 0 Å². The number of carbonyl (C=O) groups excluding carboxylic acids is 1. The van der Waals surface area contributed by atoms with Crippen molar-refractivity contribution in [3.05, 3.63) is 76.8 Å². The van der Waals surface area contributed by atoms with E-state index in [1.54, 1.807) is 11.3 Å². The first-order chi connectivity index (χ1) is 13.7. The van der Waals surface area contributed by atoms with E-state index in [2.05, 4.69) is 70.7 Å². The lowest BCUT2D eigenvalue weighted by Crippen LogP contribution is -2.37. The number of hydrogen-bond donors (Lipinski definition) is 1. The van der Waals surface area contributed by atoms with Crippen molar-refractivity contribution in [1.29, 1.82) is 0 Å². The van der Waals surface area contributed by atoms with Crippen LogP contribution in [0.4, 0.5) is 0 Å². The Morgan fingerprint density at radius 1 is 1.18 bits per heavy atom. The highest BCUT2D eigenvalue weighted by atomic mass is 32.1. The number of thiazole rings is 1. The molecule has 3 aromatic rings. The van der Waals surface area contributed by atoms with Crippen LogP contribution < -0.4 is 5.32 Å². The first kappa shape index (κ1) is 18.8. The molecule has 1 saturated heterocycles. The van der Waals surface area contributed by atoms with Gasteiger partial charge in [0, 0.05) is 36.6 Å². The predicted octanol–water partition coefficient (Wildman–Crippen LogP) is 4.05. The number of likely N-dealkylation sites (tertiary alicyclic amines) is 1. The highest BCUT2D eigenvalue weighted by Gasteiger charge is 2.24. The Balaban J connectivity index is 1.27. The van der Waals surface area contributed by atoms with Crippen molar-refractivity contribution in [3.8, 4) is 10.6 Å². The van der Waals surface area contributed by atoms with E-state index in [-0.39, 0.29) is 11.9 Å². The van der Waals surface area contributed by atoms with Crippen LogP contribution in [0.1, 0.15) is 23.2 Å². The molecule has 4 rings (SSSR count). The molecule has 0 spiro atoms. The zero-order chi connectivity index (χ0) is 19.3. The van der Waals surface area contributed by atoms with Gasteiger partial charge in [0.1, 0.15) is 5.01 Å². The van der Waals surface area contributed by atoms with E-state index < -0.39 is 0 Å². The van der Waals surface area contributed by atoms with Crippen molar-refractivity contribution in [1.82, 2.24) is 15.2 Å². The number of hydrogen-bond acceptors (Lipinski definition) is 4. The molecule has 1 fully saturated rings. The fraction of sp³-hybridized carbons (Fsp3) is 0.304. The molecule has 144 valence electrons. The average Bonchev–Trinajstić information content (AvgIpc) is 3.33. The van der Waals surface area contributed by atoms with Crippen molar-refractivity contribution in [2.45, 2.75) is 32.4 Å². The number of amides is 1. The highest BCUT2D eigenvalue weighted by molar-refractivity contribution is 7.13.